The predicted octanol–water partition coefficient (Wildman–Crippen LogP) is 1.04. The van der Waals surface area contributed by atoms with Crippen molar-refractivity contribution in [2.75, 3.05) is 11.9 Å². The van der Waals surface area contributed by atoms with E-state index in [0.29, 0.717) is 18.0 Å². The Morgan fingerprint density at radius 2 is 2.08 bits per heavy atom. The molecule has 1 atom stereocenters. The predicted molar refractivity (Wildman–Crippen MR) is 98.2 cm³/mol. The molecule has 1 aromatic rings. The van der Waals surface area contributed by atoms with E-state index in [-0.39, 0.29) is 23.3 Å². The Labute approximate surface area is 156 Å². The summed E-state index contributed by atoms with van der Waals surface area (Å²) in [5, 5.41) is 7.96. The number of amides is 3. The zero-order chi connectivity index (χ0) is 19.1. The van der Waals surface area contributed by atoms with Crippen LogP contribution in [0.2, 0.25) is 0 Å². The summed E-state index contributed by atoms with van der Waals surface area (Å²) in [6.45, 7) is 5.59. The molecule has 0 aromatic heterocycles. The number of fused-ring (bicyclic) bond motifs is 1. The number of carbonyl (C=O) groups is 3. The number of hydrazine groups is 1. The van der Waals surface area contributed by atoms with Crippen molar-refractivity contribution in [3.63, 3.8) is 0 Å². The van der Waals surface area contributed by atoms with Crippen molar-refractivity contribution in [3.8, 4) is 5.75 Å². The van der Waals surface area contributed by atoms with Crippen molar-refractivity contribution >= 4 is 40.7 Å². The molecule has 2 saturated heterocycles. The lowest BCUT2D eigenvalue weighted by atomic mass is 10.00. The number of nitrogens with one attached hydrogen (secondary N) is 2. The second-order valence-corrected chi connectivity index (χ2v) is 6.89. The van der Waals surface area contributed by atoms with Crippen LogP contribution < -0.4 is 15.4 Å². The number of thiocarbonyl (C=S) groups is 1. The molecule has 0 bridgehead atoms. The molecule has 0 spiro atoms. The highest BCUT2D eigenvalue weighted by molar-refractivity contribution is 7.80. The smallest absolute Gasteiger partial charge is 0.248 e. The molecule has 1 aromatic carbocycles. The molecule has 3 amide bonds. The standard InChI is InChI=1S/C17H20N4O4S/c1-4-25-12-8-6-5-7-10(12)18-14(23)11-9-13(22)20-16(26)19-15(24)17(2,3)21(11)20/h5-8,11H,4,9H2,1-3H3,(H,18,23)(H,19,24,26)/t11-/m1/s1. The summed E-state index contributed by atoms with van der Waals surface area (Å²) in [4.78, 5) is 37.6. The van der Waals surface area contributed by atoms with Crippen molar-refractivity contribution in [2.45, 2.75) is 38.8 Å². The third-order valence-corrected chi connectivity index (χ3v) is 4.68. The fraction of sp³-hybridized carbons (Fsp3) is 0.412. The van der Waals surface area contributed by atoms with Gasteiger partial charge in [-0.1, -0.05) is 12.1 Å². The molecular weight excluding hydrogens is 356 g/mol. The average molecular weight is 376 g/mol. The van der Waals surface area contributed by atoms with Crippen molar-refractivity contribution in [3.05, 3.63) is 24.3 Å². The SMILES string of the molecule is CCOc1ccccc1NC(=O)[C@H]1CC(=O)N2C(=S)NC(=O)C(C)(C)N12. The molecule has 2 aliphatic heterocycles. The quantitative estimate of drug-likeness (QED) is 0.763. The molecule has 0 aliphatic carbocycles. The van der Waals surface area contributed by atoms with E-state index in [9.17, 15) is 14.4 Å². The molecule has 2 N–H and O–H groups in total. The summed E-state index contributed by atoms with van der Waals surface area (Å²) in [6, 6.07) is 6.20. The van der Waals surface area contributed by atoms with Gasteiger partial charge in [-0.3, -0.25) is 19.7 Å². The lowest BCUT2D eigenvalue weighted by molar-refractivity contribution is -0.154. The van der Waals surface area contributed by atoms with Gasteiger partial charge in [-0.05, 0) is 45.1 Å². The van der Waals surface area contributed by atoms with Gasteiger partial charge in [0.2, 0.25) is 17.7 Å². The molecule has 2 aliphatic rings. The normalized spacial score (nSPS) is 22.0. The maximum Gasteiger partial charge on any atom is 0.248 e. The van der Waals surface area contributed by atoms with Gasteiger partial charge in [0.25, 0.3) is 0 Å². The highest BCUT2D eigenvalue weighted by atomic mass is 32.1. The van der Waals surface area contributed by atoms with Gasteiger partial charge in [0, 0.05) is 0 Å². The number of hydrogen-bond acceptors (Lipinski definition) is 6. The highest BCUT2D eigenvalue weighted by Crippen LogP contribution is 2.33. The van der Waals surface area contributed by atoms with Gasteiger partial charge in [0.15, 0.2) is 5.11 Å². The Balaban J connectivity index is 1.89. The third-order valence-electron chi connectivity index (χ3n) is 4.40. The average Bonchev–Trinajstić information content (AvgIpc) is 2.94. The zero-order valence-electron chi connectivity index (χ0n) is 14.7. The van der Waals surface area contributed by atoms with E-state index in [1.54, 1.807) is 38.1 Å². The van der Waals surface area contributed by atoms with E-state index in [1.807, 2.05) is 6.92 Å². The van der Waals surface area contributed by atoms with E-state index in [2.05, 4.69) is 10.6 Å². The molecule has 0 unspecified atom stereocenters. The summed E-state index contributed by atoms with van der Waals surface area (Å²) < 4.78 is 5.51. The fourth-order valence-electron chi connectivity index (χ4n) is 3.13. The van der Waals surface area contributed by atoms with Gasteiger partial charge in [0.1, 0.15) is 17.3 Å². The van der Waals surface area contributed by atoms with E-state index >= 15 is 0 Å². The van der Waals surface area contributed by atoms with Gasteiger partial charge in [0.05, 0.1) is 18.7 Å². The Bertz CT molecular complexity index is 795. The second-order valence-electron chi connectivity index (χ2n) is 6.51. The number of nitrogens with zero attached hydrogens (tertiary/aromatic N) is 2. The lowest BCUT2D eigenvalue weighted by Crippen LogP contribution is -2.71. The van der Waals surface area contributed by atoms with Crippen LogP contribution in [0.5, 0.6) is 5.75 Å². The Kier molecular flexibility index (Phi) is 4.68. The van der Waals surface area contributed by atoms with Gasteiger partial charge >= 0.3 is 0 Å². The Hall–Kier alpha value is -2.52. The second kappa shape index (κ2) is 6.65. The fourth-order valence-corrected chi connectivity index (χ4v) is 3.41. The van der Waals surface area contributed by atoms with Gasteiger partial charge in [-0.15, -0.1) is 0 Å². The Morgan fingerprint density at radius 3 is 2.77 bits per heavy atom. The van der Waals surface area contributed by atoms with Crippen LogP contribution in [0.1, 0.15) is 27.2 Å². The van der Waals surface area contributed by atoms with Crippen molar-refractivity contribution in [1.82, 2.24) is 15.3 Å². The molecule has 9 heteroatoms. The van der Waals surface area contributed by atoms with Crippen LogP contribution in [-0.4, -0.2) is 51.0 Å². The van der Waals surface area contributed by atoms with Crippen LogP contribution in [-0.2, 0) is 14.4 Å². The maximum atomic E-state index is 12.9. The number of hydrogen-bond donors (Lipinski definition) is 2. The first kappa shape index (κ1) is 18.3. The van der Waals surface area contributed by atoms with E-state index in [4.69, 9.17) is 17.0 Å². The largest absolute Gasteiger partial charge is 0.492 e. The molecule has 2 heterocycles. The zero-order valence-corrected chi connectivity index (χ0v) is 15.6. The molecule has 0 saturated carbocycles. The van der Waals surface area contributed by atoms with Gasteiger partial charge < -0.3 is 10.1 Å². The molecular formula is C17H20N4O4S. The maximum absolute atomic E-state index is 12.9. The first-order valence-corrected chi connectivity index (χ1v) is 8.68. The van der Waals surface area contributed by atoms with Crippen molar-refractivity contribution < 1.29 is 19.1 Å². The first-order chi connectivity index (χ1) is 12.3. The first-order valence-electron chi connectivity index (χ1n) is 8.27. The van der Waals surface area contributed by atoms with Crippen molar-refractivity contribution in [1.29, 1.82) is 0 Å². The van der Waals surface area contributed by atoms with Gasteiger partial charge in [-0.2, -0.15) is 5.01 Å². The van der Waals surface area contributed by atoms with E-state index in [0.717, 1.165) is 0 Å². The minimum Gasteiger partial charge on any atom is -0.492 e. The van der Waals surface area contributed by atoms with Crippen LogP contribution in [0.4, 0.5) is 5.69 Å². The summed E-state index contributed by atoms with van der Waals surface area (Å²) in [6.07, 6.45) is -0.0683. The third kappa shape index (κ3) is 2.93. The summed E-state index contributed by atoms with van der Waals surface area (Å²) in [5.41, 5.74) is -0.595. The molecule has 26 heavy (non-hydrogen) atoms. The van der Waals surface area contributed by atoms with Gasteiger partial charge in [-0.25, -0.2) is 5.01 Å². The molecule has 8 nitrogen and oxygen atoms in total. The van der Waals surface area contributed by atoms with Crippen LogP contribution in [0, 0.1) is 0 Å². The number of para-hydroxylation sites is 2. The monoisotopic (exact) mass is 376 g/mol. The number of anilines is 1. The minimum absolute atomic E-state index is 0.00987. The summed E-state index contributed by atoms with van der Waals surface area (Å²) in [7, 11) is 0. The molecule has 3 rings (SSSR count). The topological polar surface area (TPSA) is 91.0 Å². The molecule has 0 radical (unpaired) electrons. The van der Waals surface area contributed by atoms with E-state index < -0.39 is 17.5 Å². The highest BCUT2D eigenvalue weighted by Gasteiger charge is 2.56. The van der Waals surface area contributed by atoms with Crippen LogP contribution in [0.3, 0.4) is 0 Å². The van der Waals surface area contributed by atoms with E-state index in [1.165, 1.54) is 10.0 Å². The summed E-state index contributed by atoms with van der Waals surface area (Å²) in [5.74, 6) is -0.559. The molecule has 138 valence electrons. The number of carbonyl (C=O) groups excluding carboxylic acids is 3. The van der Waals surface area contributed by atoms with Crippen LogP contribution in [0.15, 0.2) is 24.3 Å². The van der Waals surface area contributed by atoms with Crippen LogP contribution in [0.25, 0.3) is 0 Å². The van der Waals surface area contributed by atoms with Crippen molar-refractivity contribution in [2.24, 2.45) is 0 Å². The number of benzene rings is 1. The summed E-state index contributed by atoms with van der Waals surface area (Å²) >= 11 is 5.10. The molecule has 2 fully saturated rings. The number of ether oxygens (including phenoxy) is 1. The lowest BCUT2D eigenvalue weighted by Gasteiger charge is -2.45. The Morgan fingerprint density at radius 1 is 1.38 bits per heavy atom. The number of rotatable bonds is 4. The van der Waals surface area contributed by atoms with Crippen LogP contribution >= 0.6 is 12.2 Å². The minimum atomic E-state index is -1.10.